The van der Waals surface area contributed by atoms with E-state index in [0.29, 0.717) is 29.9 Å². The lowest BCUT2D eigenvalue weighted by Crippen LogP contribution is -2.44. The van der Waals surface area contributed by atoms with Gasteiger partial charge in [-0.15, -0.1) is 11.8 Å². The number of likely N-dealkylation sites (tertiary alicyclic amines) is 1. The normalized spacial score (nSPS) is 22.0. The molecule has 0 spiro atoms. The largest absolute Gasteiger partial charge is 0.477 e. The molecule has 14 nitrogen and oxygen atoms in total. The van der Waals surface area contributed by atoms with E-state index in [0.717, 1.165) is 35.9 Å². The second kappa shape index (κ2) is 11.0. The Morgan fingerprint density at radius 1 is 1.36 bits per heavy atom. The highest BCUT2D eigenvalue weighted by Crippen LogP contribution is 2.30. The fourth-order valence-electron chi connectivity index (χ4n) is 4.20. The third-order valence-corrected chi connectivity index (χ3v) is 7.40. The third-order valence-electron chi connectivity index (χ3n) is 5.91. The molecule has 0 bridgehead atoms. The Labute approximate surface area is 213 Å². The average molecular weight is 537 g/mol. The zero-order valence-electron chi connectivity index (χ0n) is 19.0. The second-order valence-corrected chi connectivity index (χ2v) is 9.87. The van der Waals surface area contributed by atoms with Gasteiger partial charge in [-0.25, -0.2) is 4.79 Å². The molecule has 1 aromatic heterocycles. The van der Waals surface area contributed by atoms with Crippen LogP contribution in [-0.2, 0) is 19.2 Å². The summed E-state index contributed by atoms with van der Waals surface area (Å²) in [5.74, 6) is -2.89. The van der Waals surface area contributed by atoms with E-state index in [2.05, 4.69) is 25.1 Å². The maximum atomic E-state index is 12.9. The molecule has 3 aliphatic heterocycles. The molecule has 0 aliphatic carbocycles. The molecule has 3 amide bonds. The quantitative estimate of drug-likeness (QED) is 0.121. The fraction of sp³-hybridized carbons (Fsp3) is 0.450. The number of hydrogen-bond donors (Lipinski definition) is 5. The molecule has 1 unspecified atom stereocenters. The SMILES string of the molecule is Nc1nc(/C(=N/O)C(=O)NCC(=O)N2CSCC(/C=C3\CCN(C4CCNC4)C3=O)=C2C(=O)O)ns1. The number of carboxylic acid groups (broad SMARTS) is 1. The number of thioether (sulfide) groups is 1. The summed E-state index contributed by atoms with van der Waals surface area (Å²) in [5.41, 5.74) is 5.57. The van der Waals surface area contributed by atoms with Crippen LogP contribution >= 0.6 is 23.3 Å². The van der Waals surface area contributed by atoms with E-state index in [1.807, 2.05) is 4.90 Å². The maximum Gasteiger partial charge on any atom is 0.352 e. The number of anilines is 1. The lowest BCUT2D eigenvalue weighted by atomic mass is 10.1. The van der Waals surface area contributed by atoms with E-state index in [1.165, 1.54) is 11.8 Å². The Balaban J connectivity index is 1.48. The van der Waals surface area contributed by atoms with Crippen LogP contribution in [0.2, 0.25) is 0 Å². The Morgan fingerprint density at radius 2 is 2.17 bits per heavy atom. The summed E-state index contributed by atoms with van der Waals surface area (Å²) in [6.45, 7) is 1.59. The lowest BCUT2D eigenvalue weighted by Gasteiger charge is -2.29. The number of nitrogens with one attached hydrogen (secondary N) is 2. The van der Waals surface area contributed by atoms with Gasteiger partial charge in [0, 0.05) is 42.0 Å². The predicted octanol–water partition coefficient (Wildman–Crippen LogP) is -1.19. The molecule has 16 heteroatoms. The number of allylic oxidation sites excluding steroid dienone is 1. The topological polar surface area (TPSA) is 203 Å². The first kappa shape index (κ1) is 25.6. The molecule has 192 valence electrons. The molecule has 3 aliphatic rings. The van der Waals surface area contributed by atoms with Gasteiger partial charge in [0.1, 0.15) is 5.70 Å². The van der Waals surface area contributed by atoms with Gasteiger partial charge < -0.3 is 31.6 Å². The number of carbonyl (C=O) groups is 4. The summed E-state index contributed by atoms with van der Waals surface area (Å²) in [5, 5.41) is 27.5. The number of carboxylic acids is 1. The number of aliphatic carboxylic acids is 1. The van der Waals surface area contributed by atoms with Gasteiger partial charge >= 0.3 is 5.97 Å². The highest BCUT2D eigenvalue weighted by molar-refractivity contribution is 7.99. The molecule has 0 radical (unpaired) electrons. The molecule has 0 aromatic carbocycles. The minimum atomic E-state index is -1.32. The van der Waals surface area contributed by atoms with Crippen molar-refractivity contribution in [2.24, 2.45) is 5.16 Å². The molecule has 36 heavy (non-hydrogen) atoms. The highest BCUT2D eigenvalue weighted by atomic mass is 32.2. The van der Waals surface area contributed by atoms with Gasteiger partial charge in [-0.1, -0.05) is 5.16 Å². The predicted molar refractivity (Wildman–Crippen MR) is 130 cm³/mol. The van der Waals surface area contributed by atoms with Crippen LogP contribution in [0.25, 0.3) is 0 Å². The smallest absolute Gasteiger partial charge is 0.352 e. The van der Waals surface area contributed by atoms with Gasteiger partial charge in [-0.3, -0.25) is 19.3 Å². The summed E-state index contributed by atoms with van der Waals surface area (Å²) < 4.78 is 3.78. The molecule has 4 rings (SSSR count). The van der Waals surface area contributed by atoms with E-state index in [4.69, 9.17) is 10.9 Å². The van der Waals surface area contributed by atoms with Crippen LogP contribution in [0, 0.1) is 0 Å². The monoisotopic (exact) mass is 536 g/mol. The molecular formula is C20H24N8O6S2. The molecule has 6 N–H and O–H groups in total. The summed E-state index contributed by atoms with van der Waals surface area (Å²) in [6.07, 6.45) is 2.95. The Morgan fingerprint density at radius 3 is 2.81 bits per heavy atom. The number of carbonyl (C=O) groups excluding carboxylic acids is 3. The second-order valence-electron chi connectivity index (χ2n) is 8.13. The minimum Gasteiger partial charge on any atom is -0.477 e. The number of nitrogens with two attached hydrogens (primary N) is 1. The van der Waals surface area contributed by atoms with Gasteiger partial charge in [0.2, 0.25) is 23.4 Å². The van der Waals surface area contributed by atoms with Crippen LogP contribution in [0.5, 0.6) is 0 Å². The first-order chi connectivity index (χ1) is 17.3. The first-order valence-electron chi connectivity index (χ1n) is 11.0. The van der Waals surface area contributed by atoms with Crippen LogP contribution < -0.4 is 16.4 Å². The van der Waals surface area contributed by atoms with Crippen molar-refractivity contribution in [1.82, 2.24) is 29.8 Å². The standard InChI is InChI=1S/C20H24N8O6S2/c21-20-24-16(26-36-20)14(25-34)17(30)23-7-13(29)28-9-35-8-11(15(28)19(32)33)5-10-2-4-27(18(10)31)12-1-3-22-6-12/h5,12,22,34H,1-4,6-9H2,(H,23,30)(H,32,33)(H2,21,24,26)/b10-5+,25-14-. The van der Waals surface area contributed by atoms with Gasteiger partial charge in [0.05, 0.1) is 12.4 Å². The van der Waals surface area contributed by atoms with Crippen molar-refractivity contribution < 1.29 is 29.5 Å². The maximum absolute atomic E-state index is 12.9. The molecule has 1 atom stereocenters. The number of oxime groups is 1. The molecule has 0 saturated carbocycles. The Hall–Kier alpha value is -3.50. The molecule has 4 heterocycles. The van der Waals surface area contributed by atoms with Crippen LogP contribution in [0.15, 0.2) is 28.1 Å². The Bertz CT molecular complexity index is 1170. The molecule has 1 aromatic rings. The fourth-order valence-corrected chi connectivity index (χ4v) is 5.62. The van der Waals surface area contributed by atoms with E-state index in [-0.39, 0.29) is 34.5 Å². The van der Waals surface area contributed by atoms with Crippen LogP contribution in [0.3, 0.4) is 0 Å². The van der Waals surface area contributed by atoms with Crippen molar-refractivity contribution in [3.05, 3.63) is 28.7 Å². The zero-order chi connectivity index (χ0) is 25.8. The van der Waals surface area contributed by atoms with Crippen molar-refractivity contribution in [2.75, 3.05) is 43.5 Å². The van der Waals surface area contributed by atoms with Crippen molar-refractivity contribution >= 4 is 57.8 Å². The molecule has 2 fully saturated rings. The minimum absolute atomic E-state index is 0.0574. The van der Waals surface area contributed by atoms with Crippen molar-refractivity contribution in [2.45, 2.75) is 18.9 Å². The summed E-state index contributed by atoms with van der Waals surface area (Å²) in [6, 6.07) is 0.127. The first-order valence-corrected chi connectivity index (χ1v) is 12.9. The summed E-state index contributed by atoms with van der Waals surface area (Å²) in [4.78, 5) is 56.9. The zero-order valence-corrected chi connectivity index (χ0v) is 20.6. The average Bonchev–Trinajstić information content (AvgIpc) is 3.60. The van der Waals surface area contributed by atoms with Crippen LogP contribution in [0.4, 0.5) is 5.13 Å². The number of rotatable bonds is 7. The third kappa shape index (κ3) is 5.34. The van der Waals surface area contributed by atoms with Crippen molar-refractivity contribution in [1.29, 1.82) is 0 Å². The number of nitrogen functional groups attached to an aromatic ring is 1. The molecular weight excluding hydrogens is 512 g/mol. The van der Waals surface area contributed by atoms with Crippen LogP contribution in [0.1, 0.15) is 18.7 Å². The summed E-state index contributed by atoms with van der Waals surface area (Å²) >= 11 is 2.11. The van der Waals surface area contributed by atoms with Crippen LogP contribution in [-0.4, -0.2) is 103 Å². The number of amides is 3. The van der Waals surface area contributed by atoms with Crippen molar-refractivity contribution in [3.8, 4) is 0 Å². The number of hydrogen-bond acceptors (Lipinski definition) is 12. The highest BCUT2D eigenvalue weighted by Gasteiger charge is 2.35. The molecule has 2 saturated heterocycles. The van der Waals surface area contributed by atoms with Crippen molar-refractivity contribution in [3.63, 3.8) is 0 Å². The lowest BCUT2D eigenvalue weighted by molar-refractivity contribution is -0.139. The van der Waals surface area contributed by atoms with Gasteiger partial charge in [0.15, 0.2) is 5.13 Å². The van der Waals surface area contributed by atoms with E-state index >= 15 is 0 Å². The van der Waals surface area contributed by atoms with Gasteiger partial charge in [-0.05, 0) is 31.0 Å². The summed E-state index contributed by atoms with van der Waals surface area (Å²) in [7, 11) is 0. The van der Waals surface area contributed by atoms with Gasteiger partial charge in [-0.2, -0.15) is 9.36 Å². The number of nitrogens with zero attached hydrogens (tertiary/aromatic N) is 5. The Kier molecular flexibility index (Phi) is 7.85. The van der Waals surface area contributed by atoms with E-state index in [1.54, 1.807) is 6.08 Å². The number of aromatic nitrogens is 2. The van der Waals surface area contributed by atoms with E-state index < -0.39 is 30.0 Å². The van der Waals surface area contributed by atoms with Gasteiger partial charge in [0.25, 0.3) is 5.91 Å². The van der Waals surface area contributed by atoms with E-state index in [9.17, 15) is 24.3 Å².